The number of hydrogen-bond donors (Lipinski definition) is 1. The Labute approximate surface area is 92.0 Å². The SMILES string of the molecule is C=CCC(NCC)c1ccc(OC)cc1. The van der Waals surface area contributed by atoms with Crippen LogP contribution >= 0.6 is 0 Å². The minimum absolute atomic E-state index is 0.360. The van der Waals surface area contributed by atoms with Crippen molar-refractivity contribution < 1.29 is 4.74 Å². The molecule has 0 radical (unpaired) electrons. The minimum Gasteiger partial charge on any atom is -0.497 e. The maximum Gasteiger partial charge on any atom is 0.118 e. The molecule has 1 aromatic carbocycles. The van der Waals surface area contributed by atoms with E-state index in [0.717, 1.165) is 18.7 Å². The quantitative estimate of drug-likeness (QED) is 0.721. The van der Waals surface area contributed by atoms with Crippen LogP contribution in [0, 0.1) is 0 Å². The fourth-order valence-corrected chi connectivity index (χ4v) is 1.59. The first-order chi connectivity index (χ1) is 7.31. The van der Waals surface area contributed by atoms with E-state index in [4.69, 9.17) is 4.74 Å². The zero-order valence-electron chi connectivity index (χ0n) is 9.49. The molecule has 0 spiro atoms. The van der Waals surface area contributed by atoms with E-state index < -0.39 is 0 Å². The van der Waals surface area contributed by atoms with E-state index in [1.807, 2.05) is 18.2 Å². The lowest BCUT2D eigenvalue weighted by Crippen LogP contribution is -2.20. The predicted octanol–water partition coefficient (Wildman–Crippen LogP) is 2.92. The Bertz CT molecular complexity index is 292. The lowest BCUT2D eigenvalue weighted by molar-refractivity contribution is 0.414. The molecule has 1 aromatic rings. The molecule has 0 saturated carbocycles. The zero-order chi connectivity index (χ0) is 11.1. The highest BCUT2D eigenvalue weighted by Crippen LogP contribution is 2.20. The average Bonchev–Trinajstić information content (AvgIpc) is 2.29. The summed E-state index contributed by atoms with van der Waals surface area (Å²) in [5.74, 6) is 0.896. The third kappa shape index (κ3) is 3.40. The van der Waals surface area contributed by atoms with Gasteiger partial charge in [-0.05, 0) is 30.7 Å². The first kappa shape index (κ1) is 11.8. The molecule has 0 aliphatic rings. The monoisotopic (exact) mass is 205 g/mol. The molecular weight excluding hydrogens is 186 g/mol. The summed E-state index contributed by atoms with van der Waals surface area (Å²) in [6, 6.07) is 8.52. The fraction of sp³-hybridized carbons (Fsp3) is 0.385. The van der Waals surface area contributed by atoms with Gasteiger partial charge in [-0.25, -0.2) is 0 Å². The van der Waals surface area contributed by atoms with Crippen LogP contribution in [0.4, 0.5) is 0 Å². The Morgan fingerprint density at radius 1 is 1.40 bits per heavy atom. The van der Waals surface area contributed by atoms with Crippen LogP contribution in [0.1, 0.15) is 24.9 Å². The first-order valence-electron chi connectivity index (χ1n) is 5.30. The van der Waals surface area contributed by atoms with Gasteiger partial charge in [0, 0.05) is 6.04 Å². The van der Waals surface area contributed by atoms with E-state index in [1.165, 1.54) is 5.56 Å². The summed E-state index contributed by atoms with van der Waals surface area (Å²) in [4.78, 5) is 0. The van der Waals surface area contributed by atoms with Gasteiger partial charge in [-0.15, -0.1) is 6.58 Å². The summed E-state index contributed by atoms with van der Waals surface area (Å²) in [6.07, 6.45) is 2.89. The van der Waals surface area contributed by atoms with Crippen LogP contribution in [0.15, 0.2) is 36.9 Å². The standard InChI is InChI=1S/C13H19NO/c1-4-6-13(14-5-2)11-7-9-12(15-3)10-8-11/h4,7-10,13-14H,1,5-6H2,2-3H3. The molecular formula is C13H19NO. The Hall–Kier alpha value is -1.28. The number of benzene rings is 1. The van der Waals surface area contributed by atoms with E-state index in [1.54, 1.807) is 7.11 Å². The van der Waals surface area contributed by atoms with E-state index in [2.05, 4.69) is 31.0 Å². The second-order valence-corrected chi connectivity index (χ2v) is 3.41. The molecule has 1 atom stereocenters. The molecule has 1 unspecified atom stereocenters. The minimum atomic E-state index is 0.360. The summed E-state index contributed by atoms with van der Waals surface area (Å²) in [5.41, 5.74) is 1.28. The molecule has 1 N–H and O–H groups in total. The molecule has 0 aromatic heterocycles. The van der Waals surface area contributed by atoms with Crippen molar-refractivity contribution in [3.63, 3.8) is 0 Å². The summed E-state index contributed by atoms with van der Waals surface area (Å²) in [6.45, 7) is 6.85. The van der Waals surface area contributed by atoms with Crippen molar-refractivity contribution in [3.05, 3.63) is 42.5 Å². The van der Waals surface area contributed by atoms with E-state index in [-0.39, 0.29) is 0 Å². The molecule has 0 aliphatic carbocycles. The number of nitrogens with one attached hydrogen (secondary N) is 1. The average molecular weight is 205 g/mol. The smallest absolute Gasteiger partial charge is 0.118 e. The van der Waals surface area contributed by atoms with Crippen molar-refractivity contribution in [1.29, 1.82) is 0 Å². The van der Waals surface area contributed by atoms with Gasteiger partial charge in [0.15, 0.2) is 0 Å². The van der Waals surface area contributed by atoms with Gasteiger partial charge in [0.1, 0.15) is 5.75 Å². The molecule has 0 saturated heterocycles. The van der Waals surface area contributed by atoms with Gasteiger partial charge in [0.2, 0.25) is 0 Å². The summed E-state index contributed by atoms with van der Waals surface area (Å²) in [5, 5.41) is 3.43. The lowest BCUT2D eigenvalue weighted by Gasteiger charge is -2.16. The first-order valence-corrected chi connectivity index (χ1v) is 5.30. The normalized spacial score (nSPS) is 12.1. The van der Waals surface area contributed by atoms with E-state index in [9.17, 15) is 0 Å². The van der Waals surface area contributed by atoms with E-state index in [0.29, 0.717) is 6.04 Å². The van der Waals surface area contributed by atoms with Gasteiger partial charge in [0.05, 0.1) is 7.11 Å². The molecule has 82 valence electrons. The van der Waals surface area contributed by atoms with Crippen LogP contribution in [-0.4, -0.2) is 13.7 Å². The Morgan fingerprint density at radius 3 is 2.53 bits per heavy atom. The molecule has 1 rings (SSSR count). The summed E-state index contributed by atoms with van der Waals surface area (Å²) in [7, 11) is 1.68. The van der Waals surface area contributed by atoms with Gasteiger partial charge < -0.3 is 10.1 Å². The molecule has 15 heavy (non-hydrogen) atoms. The van der Waals surface area contributed by atoms with Gasteiger partial charge in [-0.2, -0.15) is 0 Å². The van der Waals surface area contributed by atoms with Crippen LogP contribution in [-0.2, 0) is 0 Å². The Kier molecular flexibility index (Phi) is 4.91. The largest absolute Gasteiger partial charge is 0.497 e. The Morgan fingerprint density at radius 2 is 2.07 bits per heavy atom. The second kappa shape index (κ2) is 6.25. The van der Waals surface area contributed by atoms with Gasteiger partial charge in [-0.1, -0.05) is 25.1 Å². The van der Waals surface area contributed by atoms with Crippen molar-refractivity contribution in [2.75, 3.05) is 13.7 Å². The molecule has 2 nitrogen and oxygen atoms in total. The van der Waals surface area contributed by atoms with Gasteiger partial charge in [0.25, 0.3) is 0 Å². The fourth-order valence-electron chi connectivity index (χ4n) is 1.59. The Balaban J connectivity index is 2.76. The highest BCUT2D eigenvalue weighted by atomic mass is 16.5. The third-order valence-corrected chi connectivity index (χ3v) is 2.37. The molecule has 2 heteroatoms. The van der Waals surface area contributed by atoms with Crippen molar-refractivity contribution in [3.8, 4) is 5.75 Å². The summed E-state index contributed by atoms with van der Waals surface area (Å²) < 4.78 is 5.13. The molecule has 0 amide bonds. The van der Waals surface area contributed by atoms with Crippen LogP contribution in [0.2, 0.25) is 0 Å². The highest BCUT2D eigenvalue weighted by Gasteiger charge is 2.07. The van der Waals surface area contributed by atoms with Crippen molar-refractivity contribution in [1.82, 2.24) is 5.32 Å². The molecule has 0 aliphatic heterocycles. The van der Waals surface area contributed by atoms with E-state index >= 15 is 0 Å². The maximum absolute atomic E-state index is 5.13. The zero-order valence-corrected chi connectivity index (χ0v) is 9.49. The van der Waals surface area contributed by atoms with Crippen molar-refractivity contribution in [2.45, 2.75) is 19.4 Å². The molecule has 0 bridgehead atoms. The maximum atomic E-state index is 5.13. The molecule has 0 heterocycles. The van der Waals surface area contributed by atoms with Crippen LogP contribution in [0.25, 0.3) is 0 Å². The topological polar surface area (TPSA) is 21.3 Å². The van der Waals surface area contributed by atoms with Crippen molar-refractivity contribution >= 4 is 0 Å². The number of methoxy groups -OCH3 is 1. The van der Waals surface area contributed by atoms with Crippen molar-refractivity contribution in [2.24, 2.45) is 0 Å². The predicted molar refractivity (Wildman–Crippen MR) is 64.2 cm³/mol. The highest BCUT2D eigenvalue weighted by molar-refractivity contribution is 5.29. The van der Waals surface area contributed by atoms with Crippen LogP contribution in [0.3, 0.4) is 0 Å². The third-order valence-electron chi connectivity index (χ3n) is 2.37. The number of ether oxygens (including phenoxy) is 1. The lowest BCUT2D eigenvalue weighted by atomic mass is 10.0. The molecule has 0 fully saturated rings. The second-order valence-electron chi connectivity index (χ2n) is 3.41. The van der Waals surface area contributed by atoms with Crippen LogP contribution < -0.4 is 10.1 Å². The van der Waals surface area contributed by atoms with Gasteiger partial charge in [-0.3, -0.25) is 0 Å². The summed E-state index contributed by atoms with van der Waals surface area (Å²) >= 11 is 0. The number of hydrogen-bond acceptors (Lipinski definition) is 2. The van der Waals surface area contributed by atoms with Gasteiger partial charge >= 0.3 is 0 Å². The number of rotatable bonds is 6. The van der Waals surface area contributed by atoms with Crippen LogP contribution in [0.5, 0.6) is 5.75 Å².